The predicted octanol–water partition coefficient (Wildman–Crippen LogP) is 2.29. The second kappa shape index (κ2) is 6.50. The first-order valence-corrected chi connectivity index (χ1v) is 7.03. The highest BCUT2D eigenvalue weighted by Gasteiger charge is 2.47. The summed E-state index contributed by atoms with van der Waals surface area (Å²) in [5.74, 6) is 0. The maximum atomic E-state index is 6.05. The molecule has 0 saturated carbocycles. The standard InChI is InChI=1S/C16H20O4/c1-2-6-13-14(15-16(20-13)18-10-9-17-15)19-11-12-7-4-3-5-8-12/h2-5,7-8,13-16H,1,6,9-11H2/t13-,14+,15-,16+/m1/s1. The molecule has 0 N–H and O–H groups in total. The van der Waals surface area contributed by atoms with Gasteiger partial charge in [-0.25, -0.2) is 0 Å². The molecule has 0 aliphatic carbocycles. The number of fused-ring (bicyclic) bond motifs is 1. The third-order valence-electron chi connectivity index (χ3n) is 3.63. The highest BCUT2D eigenvalue weighted by Crippen LogP contribution is 2.32. The van der Waals surface area contributed by atoms with Crippen LogP contribution in [-0.4, -0.2) is 37.8 Å². The van der Waals surface area contributed by atoms with Crippen LogP contribution in [-0.2, 0) is 25.6 Å². The van der Waals surface area contributed by atoms with E-state index in [2.05, 4.69) is 6.58 Å². The molecule has 4 nitrogen and oxygen atoms in total. The van der Waals surface area contributed by atoms with Gasteiger partial charge in [-0.1, -0.05) is 36.4 Å². The second-order valence-electron chi connectivity index (χ2n) is 5.03. The summed E-state index contributed by atoms with van der Waals surface area (Å²) in [4.78, 5) is 0. The molecule has 2 aliphatic rings. The van der Waals surface area contributed by atoms with E-state index >= 15 is 0 Å². The molecule has 0 aromatic heterocycles. The van der Waals surface area contributed by atoms with E-state index in [-0.39, 0.29) is 24.6 Å². The van der Waals surface area contributed by atoms with Crippen LogP contribution in [0, 0.1) is 0 Å². The predicted molar refractivity (Wildman–Crippen MR) is 74.2 cm³/mol. The number of hydrogen-bond acceptors (Lipinski definition) is 4. The quantitative estimate of drug-likeness (QED) is 0.773. The third-order valence-corrected chi connectivity index (χ3v) is 3.63. The first-order chi connectivity index (χ1) is 9.88. The molecule has 20 heavy (non-hydrogen) atoms. The maximum Gasteiger partial charge on any atom is 0.186 e. The van der Waals surface area contributed by atoms with Crippen molar-refractivity contribution in [1.82, 2.24) is 0 Å². The van der Waals surface area contributed by atoms with Crippen molar-refractivity contribution in [3.63, 3.8) is 0 Å². The summed E-state index contributed by atoms with van der Waals surface area (Å²) in [5, 5.41) is 0. The van der Waals surface area contributed by atoms with Crippen LogP contribution in [0.3, 0.4) is 0 Å². The molecule has 3 rings (SSSR count). The average Bonchev–Trinajstić information content (AvgIpc) is 2.84. The molecule has 0 bridgehead atoms. The Balaban J connectivity index is 1.66. The minimum Gasteiger partial charge on any atom is -0.368 e. The zero-order chi connectivity index (χ0) is 13.8. The molecule has 2 saturated heterocycles. The van der Waals surface area contributed by atoms with E-state index in [0.717, 1.165) is 12.0 Å². The van der Waals surface area contributed by atoms with Gasteiger partial charge in [-0.2, -0.15) is 0 Å². The molecule has 0 amide bonds. The lowest BCUT2D eigenvalue weighted by Crippen LogP contribution is -2.42. The van der Waals surface area contributed by atoms with E-state index in [9.17, 15) is 0 Å². The highest BCUT2D eigenvalue weighted by atomic mass is 16.7. The summed E-state index contributed by atoms with van der Waals surface area (Å²) in [5.41, 5.74) is 1.14. The number of ether oxygens (including phenoxy) is 4. The van der Waals surface area contributed by atoms with Gasteiger partial charge in [0, 0.05) is 0 Å². The van der Waals surface area contributed by atoms with E-state index in [1.807, 2.05) is 36.4 Å². The normalized spacial score (nSPS) is 32.8. The second-order valence-corrected chi connectivity index (χ2v) is 5.03. The van der Waals surface area contributed by atoms with E-state index < -0.39 is 0 Å². The van der Waals surface area contributed by atoms with Gasteiger partial charge in [0.25, 0.3) is 0 Å². The van der Waals surface area contributed by atoms with E-state index in [1.54, 1.807) is 0 Å². The molecule has 108 valence electrons. The molecule has 0 spiro atoms. The van der Waals surface area contributed by atoms with Crippen molar-refractivity contribution in [2.75, 3.05) is 13.2 Å². The van der Waals surface area contributed by atoms with Crippen molar-refractivity contribution in [1.29, 1.82) is 0 Å². The topological polar surface area (TPSA) is 36.9 Å². The number of rotatable bonds is 5. The van der Waals surface area contributed by atoms with Crippen LogP contribution in [0.25, 0.3) is 0 Å². The minimum absolute atomic E-state index is 0.0516. The molecular formula is C16H20O4. The van der Waals surface area contributed by atoms with Crippen LogP contribution >= 0.6 is 0 Å². The van der Waals surface area contributed by atoms with Gasteiger partial charge >= 0.3 is 0 Å². The van der Waals surface area contributed by atoms with Gasteiger partial charge in [-0.15, -0.1) is 6.58 Å². The van der Waals surface area contributed by atoms with Crippen LogP contribution in [0.5, 0.6) is 0 Å². The van der Waals surface area contributed by atoms with Crippen LogP contribution in [0.2, 0.25) is 0 Å². The van der Waals surface area contributed by atoms with E-state index in [4.69, 9.17) is 18.9 Å². The Labute approximate surface area is 119 Å². The zero-order valence-electron chi connectivity index (χ0n) is 11.4. The fraction of sp³-hybridized carbons (Fsp3) is 0.500. The molecule has 4 heteroatoms. The highest BCUT2D eigenvalue weighted by molar-refractivity contribution is 5.13. The molecule has 2 heterocycles. The Morgan fingerprint density at radius 1 is 1.20 bits per heavy atom. The molecule has 2 aliphatic heterocycles. The molecule has 0 unspecified atom stereocenters. The first-order valence-electron chi connectivity index (χ1n) is 7.03. The lowest BCUT2D eigenvalue weighted by molar-refractivity contribution is -0.221. The van der Waals surface area contributed by atoms with Crippen molar-refractivity contribution in [2.24, 2.45) is 0 Å². The smallest absolute Gasteiger partial charge is 0.186 e. The number of hydrogen-bond donors (Lipinski definition) is 0. The summed E-state index contributed by atoms with van der Waals surface area (Å²) in [6.45, 7) is 5.50. The average molecular weight is 276 g/mol. The lowest BCUT2D eigenvalue weighted by Gasteiger charge is -2.28. The van der Waals surface area contributed by atoms with Gasteiger partial charge in [0.15, 0.2) is 6.29 Å². The first kappa shape index (κ1) is 13.8. The third kappa shape index (κ3) is 2.94. The summed E-state index contributed by atoms with van der Waals surface area (Å²) >= 11 is 0. The summed E-state index contributed by atoms with van der Waals surface area (Å²) < 4.78 is 23.3. The Hall–Kier alpha value is -1.20. The largest absolute Gasteiger partial charge is 0.368 e. The summed E-state index contributed by atoms with van der Waals surface area (Å²) in [6.07, 6.45) is 1.97. The molecule has 4 atom stereocenters. The van der Waals surface area contributed by atoms with E-state index in [1.165, 1.54) is 0 Å². The Bertz CT molecular complexity index is 433. The zero-order valence-corrected chi connectivity index (χ0v) is 11.4. The fourth-order valence-corrected chi connectivity index (χ4v) is 2.67. The monoisotopic (exact) mass is 276 g/mol. The van der Waals surface area contributed by atoms with Crippen LogP contribution in [0.1, 0.15) is 12.0 Å². The van der Waals surface area contributed by atoms with Gasteiger partial charge in [-0.3, -0.25) is 0 Å². The summed E-state index contributed by atoms with van der Waals surface area (Å²) in [6, 6.07) is 10.1. The van der Waals surface area contributed by atoms with Crippen molar-refractivity contribution in [3.8, 4) is 0 Å². The van der Waals surface area contributed by atoms with Gasteiger partial charge in [0.05, 0.1) is 25.9 Å². The Kier molecular flexibility index (Phi) is 4.47. The van der Waals surface area contributed by atoms with Crippen molar-refractivity contribution >= 4 is 0 Å². The fourth-order valence-electron chi connectivity index (χ4n) is 2.67. The minimum atomic E-state index is -0.311. The van der Waals surface area contributed by atoms with Gasteiger partial charge in [0.2, 0.25) is 0 Å². The van der Waals surface area contributed by atoms with Gasteiger partial charge in [-0.05, 0) is 12.0 Å². The van der Waals surface area contributed by atoms with Crippen molar-refractivity contribution < 1.29 is 18.9 Å². The molecule has 1 aromatic carbocycles. The SMILES string of the molecule is C=CC[C@H]1O[C@@H]2OCCO[C@@H]2[C@H]1OCc1ccccc1. The van der Waals surface area contributed by atoms with E-state index in [0.29, 0.717) is 19.8 Å². The lowest BCUT2D eigenvalue weighted by atomic mass is 10.1. The van der Waals surface area contributed by atoms with Crippen molar-refractivity contribution in [2.45, 2.75) is 37.6 Å². The molecule has 2 fully saturated rings. The molecule has 1 aromatic rings. The van der Waals surface area contributed by atoms with Gasteiger partial charge in [0.1, 0.15) is 12.2 Å². The molecular weight excluding hydrogens is 256 g/mol. The van der Waals surface area contributed by atoms with Crippen molar-refractivity contribution in [3.05, 3.63) is 48.6 Å². The maximum absolute atomic E-state index is 6.05. The Morgan fingerprint density at radius 3 is 2.80 bits per heavy atom. The molecule has 0 radical (unpaired) electrons. The summed E-state index contributed by atoms with van der Waals surface area (Å²) in [7, 11) is 0. The number of benzene rings is 1. The Morgan fingerprint density at radius 2 is 2.00 bits per heavy atom. The van der Waals surface area contributed by atoms with Crippen LogP contribution < -0.4 is 0 Å². The van der Waals surface area contributed by atoms with Gasteiger partial charge < -0.3 is 18.9 Å². The van der Waals surface area contributed by atoms with Crippen LogP contribution in [0.15, 0.2) is 43.0 Å². The van der Waals surface area contributed by atoms with Crippen LogP contribution in [0.4, 0.5) is 0 Å².